The van der Waals surface area contributed by atoms with E-state index >= 15 is 0 Å². The van der Waals surface area contributed by atoms with Crippen molar-refractivity contribution in [2.24, 2.45) is 0 Å². The minimum absolute atomic E-state index is 0.0672. The average molecular weight is 605 g/mol. The lowest BCUT2D eigenvalue weighted by Gasteiger charge is -2.34. The molecule has 0 unspecified atom stereocenters. The Morgan fingerprint density at radius 2 is 1.52 bits per heavy atom. The Labute approximate surface area is 234 Å². The lowest BCUT2D eigenvalue weighted by Crippen LogP contribution is -2.50. The number of aromatic nitrogens is 2. The Balaban J connectivity index is 1.55. The van der Waals surface area contributed by atoms with Gasteiger partial charge < -0.3 is 29.7 Å². The van der Waals surface area contributed by atoms with Crippen LogP contribution in [0.4, 0.5) is 31.1 Å². The van der Waals surface area contributed by atoms with Gasteiger partial charge in [0.15, 0.2) is 17.3 Å². The van der Waals surface area contributed by atoms with Crippen LogP contribution in [0.5, 0.6) is 0 Å². The summed E-state index contributed by atoms with van der Waals surface area (Å²) in [6.07, 6.45) is -7.61. The second-order valence-corrected chi connectivity index (χ2v) is 9.91. The quantitative estimate of drug-likeness (QED) is 0.385. The van der Waals surface area contributed by atoms with E-state index in [0.717, 1.165) is 9.47 Å². The number of piperazine rings is 1. The largest absolute Gasteiger partial charge is 0.465 e. The molecule has 2 aromatic rings. The van der Waals surface area contributed by atoms with E-state index in [0.29, 0.717) is 6.07 Å². The Morgan fingerprint density at radius 3 is 2.12 bits per heavy atom. The number of imidazole rings is 1. The van der Waals surface area contributed by atoms with Gasteiger partial charge in [0.1, 0.15) is 5.82 Å². The zero-order chi connectivity index (χ0) is 30.9. The van der Waals surface area contributed by atoms with Crippen LogP contribution < -0.4 is 5.32 Å². The number of fused-ring (bicyclic) bond motifs is 1. The Hall–Kier alpha value is -4.31. The molecule has 11 nitrogen and oxygen atoms in total. The summed E-state index contributed by atoms with van der Waals surface area (Å²) in [5.74, 6) is -7.06. The van der Waals surface area contributed by atoms with Crippen molar-refractivity contribution in [3.63, 3.8) is 0 Å². The minimum atomic E-state index is -4.90. The second kappa shape index (κ2) is 11.9. The van der Waals surface area contributed by atoms with Crippen LogP contribution in [-0.4, -0.2) is 91.9 Å². The van der Waals surface area contributed by atoms with E-state index in [1.54, 1.807) is 0 Å². The number of carbonyl (C=O) groups is 4. The highest BCUT2D eigenvalue weighted by atomic mass is 19.4. The SMILES string of the molecule is CC(=O)N1CCN(C(=O)c2nc(C(F)(F)F)n3c2CN(C(=O)C[C@@H](Cc2cc(F)c(F)cc2F)NC(=O)O)CC3)CC1. The smallest absolute Gasteiger partial charge is 0.449 e. The lowest BCUT2D eigenvalue weighted by atomic mass is 10.0. The van der Waals surface area contributed by atoms with Crippen molar-refractivity contribution in [1.29, 1.82) is 0 Å². The number of rotatable bonds is 6. The van der Waals surface area contributed by atoms with Gasteiger partial charge >= 0.3 is 12.3 Å². The summed E-state index contributed by atoms with van der Waals surface area (Å²) < 4.78 is 83.4. The lowest BCUT2D eigenvalue weighted by molar-refractivity contribution is -0.148. The predicted molar refractivity (Wildman–Crippen MR) is 130 cm³/mol. The van der Waals surface area contributed by atoms with Crippen molar-refractivity contribution < 1.29 is 50.6 Å². The molecule has 0 bridgehead atoms. The molecule has 3 heterocycles. The zero-order valence-electron chi connectivity index (χ0n) is 22.2. The maximum atomic E-state index is 14.2. The average Bonchev–Trinajstić information content (AvgIpc) is 3.30. The summed E-state index contributed by atoms with van der Waals surface area (Å²) in [6.45, 7) is 0.786. The first kappa shape index (κ1) is 30.6. The number of amides is 4. The van der Waals surface area contributed by atoms with Crippen molar-refractivity contribution in [2.45, 2.75) is 45.1 Å². The molecule has 1 aromatic carbocycles. The van der Waals surface area contributed by atoms with Crippen LogP contribution in [0.2, 0.25) is 0 Å². The second-order valence-electron chi connectivity index (χ2n) is 9.91. The van der Waals surface area contributed by atoms with Gasteiger partial charge in [-0.3, -0.25) is 14.4 Å². The molecular weight excluding hydrogens is 578 g/mol. The van der Waals surface area contributed by atoms with Crippen LogP contribution in [-0.2, 0) is 35.3 Å². The number of carbonyl (C=O) groups excluding carboxylic acids is 3. The third-order valence-corrected chi connectivity index (χ3v) is 7.13. The number of hydrogen-bond acceptors (Lipinski definition) is 5. The van der Waals surface area contributed by atoms with E-state index in [1.165, 1.54) is 16.7 Å². The third kappa shape index (κ3) is 6.60. The van der Waals surface area contributed by atoms with E-state index < -0.39 is 84.0 Å². The number of halogens is 6. The van der Waals surface area contributed by atoms with Gasteiger partial charge in [-0.1, -0.05) is 0 Å². The summed E-state index contributed by atoms with van der Waals surface area (Å²) in [5, 5.41) is 11.2. The van der Waals surface area contributed by atoms with E-state index in [9.17, 15) is 50.6 Å². The molecule has 0 spiro atoms. The maximum absolute atomic E-state index is 14.2. The molecule has 0 aliphatic carbocycles. The van der Waals surface area contributed by atoms with Crippen molar-refractivity contribution in [3.8, 4) is 0 Å². The van der Waals surface area contributed by atoms with Gasteiger partial charge in [0.2, 0.25) is 17.6 Å². The number of benzene rings is 1. The van der Waals surface area contributed by atoms with Gasteiger partial charge in [0.25, 0.3) is 5.91 Å². The number of alkyl halides is 3. The molecule has 42 heavy (non-hydrogen) atoms. The first-order valence-corrected chi connectivity index (χ1v) is 12.8. The van der Waals surface area contributed by atoms with E-state index in [1.807, 2.05) is 5.32 Å². The highest BCUT2D eigenvalue weighted by Gasteiger charge is 2.42. The Kier molecular flexibility index (Phi) is 8.68. The number of nitrogens with zero attached hydrogens (tertiary/aromatic N) is 5. The molecule has 228 valence electrons. The molecule has 4 rings (SSSR count). The fourth-order valence-corrected chi connectivity index (χ4v) is 5.02. The van der Waals surface area contributed by atoms with Gasteiger partial charge in [0, 0.05) is 64.7 Å². The van der Waals surface area contributed by atoms with Gasteiger partial charge in [-0.2, -0.15) is 13.2 Å². The third-order valence-electron chi connectivity index (χ3n) is 7.13. The Morgan fingerprint density at radius 1 is 0.929 bits per heavy atom. The molecule has 1 fully saturated rings. The van der Waals surface area contributed by atoms with Crippen molar-refractivity contribution >= 4 is 23.8 Å². The van der Waals surface area contributed by atoms with Crippen LogP contribution >= 0.6 is 0 Å². The van der Waals surface area contributed by atoms with Gasteiger partial charge in [-0.25, -0.2) is 22.9 Å². The maximum Gasteiger partial charge on any atom is 0.449 e. The molecule has 4 amide bonds. The summed E-state index contributed by atoms with van der Waals surface area (Å²) in [5.41, 5.74) is -1.07. The number of nitrogens with one attached hydrogen (secondary N) is 1. The van der Waals surface area contributed by atoms with E-state index in [4.69, 9.17) is 0 Å². The fourth-order valence-electron chi connectivity index (χ4n) is 5.02. The minimum Gasteiger partial charge on any atom is -0.465 e. The number of carboxylic acid groups (broad SMARTS) is 1. The summed E-state index contributed by atoms with van der Waals surface area (Å²) in [6, 6.07) is -0.476. The first-order valence-electron chi connectivity index (χ1n) is 12.8. The van der Waals surface area contributed by atoms with E-state index in [2.05, 4.69) is 4.98 Å². The van der Waals surface area contributed by atoms with Crippen molar-refractivity contribution in [2.75, 3.05) is 32.7 Å². The van der Waals surface area contributed by atoms with E-state index in [-0.39, 0.29) is 56.9 Å². The van der Waals surface area contributed by atoms with Gasteiger partial charge in [-0.05, 0) is 18.1 Å². The summed E-state index contributed by atoms with van der Waals surface area (Å²) in [4.78, 5) is 56.8. The molecule has 1 aromatic heterocycles. The monoisotopic (exact) mass is 604 g/mol. The standard InChI is InChI=1S/C25H26F6N6O5/c1-13(38)34-2-4-35(5-3-34)22(40)21-19-12-36(6-7-37(19)23(33-21)25(29,30)31)20(39)10-15(32-24(41)42)8-14-9-17(27)18(28)11-16(14)26/h9,11,15,32H,2-8,10,12H2,1H3,(H,41,42)/t15-/m1/s1. The molecule has 2 N–H and O–H groups in total. The summed E-state index contributed by atoms with van der Waals surface area (Å²) in [7, 11) is 0. The highest BCUT2D eigenvalue weighted by Crippen LogP contribution is 2.33. The Bertz CT molecular complexity index is 1410. The van der Waals surface area contributed by atoms with Crippen LogP contribution in [0.3, 0.4) is 0 Å². The van der Waals surface area contributed by atoms with Crippen molar-refractivity contribution in [1.82, 2.24) is 29.6 Å². The van der Waals surface area contributed by atoms with Crippen LogP contribution in [0, 0.1) is 17.5 Å². The highest BCUT2D eigenvalue weighted by molar-refractivity contribution is 5.94. The molecule has 0 radical (unpaired) electrons. The molecule has 1 atom stereocenters. The molecular formula is C25H26F6N6O5. The zero-order valence-corrected chi connectivity index (χ0v) is 22.2. The predicted octanol–water partition coefficient (Wildman–Crippen LogP) is 2.23. The first-order chi connectivity index (χ1) is 19.6. The molecule has 1 saturated heterocycles. The molecule has 0 saturated carbocycles. The van der Waals surface area contributed by atoms with Gasteiger partial charge in [0.05, 0.1) is 12.2 Å². The topological polar surface area (TPSA) is 128 Å². The fraction of sp³-hybridized carbons (Fsp3) is 0.480. The molecule has 2 aliphatic rings. The van der Waals surface area contributed by atoms with Crippen LogP contribution in [0.25, 0.3) is 0 Å². The normalized spacial score (nSPS) is 16.2. The molecule has 2 aliphatic heterocycles. The number of hydrogen-bond donors (Lipinski definition) is 2. The molecule has 17 heteroatoms. The summed E-state index contributed by atoms with van der Waals surface area (Å²) >= 11 is 0. The van der Waals surface area contributed by atoms with Gasteiger partial charge in [-0.15, -0.1) is 0 Å². The van der Waals surface area contributed by atoms with Crippen LogP contribution in [0.15, 0.2) is 12.1 Å². The van der Waals surface area contributed by atoms with Crippen molar-refractivity contribution in [3.05, 3.63) is 52.4 Å². The van der Waals surface area contributed by atoms with Crippen LogP contribution in [0.1, 0.15) is 40.9 Å².